The van der Waals surface area contributed by atoms with Crippen molar-refractivity contribution in [2.75, 3.05) is 0 Å². The van der Waals surface area contributed by atoms with Crippen LogP contribution in [-0.4, -0.2) is 25.8 Å². The van der Waals surface area contributed by atoms with Crippen molar-refractivity contribution in [2.24, 2.45) is 0 Å². The fraction of sp³-hybridized carbons (Fsp3) is 0. The van der Waals surface area contributed by atoms with E-state index in [4.69, 9.17) is 0 Å². The third-order valence-electron chi connectivity index (χ3n) is 0. The van der Waals surface area contributed by atoms with Crippen LogP contribution in [0, 0.1) is 0 Å². The number of hydrogen-bond donors (Lipinski definition) is 0. The van der Waals surface area contributed by atoms with Gasteiger partial charge in [-0.25, -0.2) is 0 Å². The average molecular weight is 170 g/mol. The van der Waals surface area contributed by atoms with E-state index >= 15 is 0 Å². The SMILES string of the molecule is [AlH3].[B].[Cu].[Zn]. The van der Waals surface area contributed by atoms with E-state index in [-0.39, 0.29) is 62.3 Å². The molecule has 0 fully saturated rings. The maximum Gasteiger partial charge on any atom is 0.187 e. The Bertz CT molecular complexity index is 8.00. The summed E-state index contributed by atoms with van der Waals surface area (Å²) in [6, 6.07) is 0. The molecule has 0 spiro atoms. The second-order valence-electron chi connectivity index (χ2n) is 0. The van der Waals surface area contributed by atoms with Gasteiger partial charge in [-0.05, 0) is 0 Å². The third-order valence-corrected chi connectivity index (χ3v) is 0. The summed E-state index contributed by atoms with van der Waals surface area (Å²) < 4.78 is 0. The summed E-state index contributed by atoms with van der Waals surface area (Å²) in [5, 5.41) is 0. The van der Waals surface area contributed by atoms with E-state index in [9.17, 15) is 0 Å². The van der Waals surface area contributed by atoms with E-state index in [2.05, 4.69) is 0 Å². The van der Waals surface area contributed by atoms with Gasteiger partial charge in [0.1, 0.15) is 0 Å². The predicted molar refractivity (Wildman–Crippen MR) is 15.7 cm³/mol. The van der Waals surface area contributed by atoms with Gasteiger partial charge in [0, 0.05) is 45.0 Å². The van der Waals surface area contributed by atoms with Gasteiger partial charge in [0.2, 0.25) is 0 Å². The predicted octanol–water partition coefficient (Wildman–Crippen LogP) is -1.57. The molecule has 4 radical (unpaired) electrons. The van der Waals surface area contributed by atoms with E-state index in [0.717, 1.165) is 0 Å². The van der Waals surface area contributed by atoms with Crippen LogP contribution >= 0.6 is 0 Å². The minimum atomic E-state index is 0. The Labute approximate surface area is 62.0 Å². The zero-order chi connectivity index (χ0) is 0. The quantitative estimate of drug-likeness (QED) is 0.385. The van der Waals surface area contributed by atoms with E-state index in [1.807, 2.05) is 0 Å². The maximum atomic E-state index is 0. The molecule has 0 amide bonds. The topological polar surface area (TPSA) is 0 Å². The summed E-state index contributed by atoms with van der Waals surface area (Å²) in [7, 11) is 0. The minimum absolute atomic E-state index is 0. The molecular weight excluding hydrogens is 167 g/mol. The molecule has 0 aromatic heterocycles. The molecule has 0 nitrogen and oxygen atoms in total. The van der Waals surface area contributed by atoms with Crippen molar-refractivity contribution in [3.05, 3.63) is 0 Å². The maximum absolute atomic E-state index is 0. The van der Waals surface area contributed by atoms with Crippen LogP contribution in [0.15, 0.2) is 0 Å². The van der Waals surface area contributed by atoms with Gasteiger partial charge in [-0.1, -0.05) is 0 Å². The zero-order valence-corrected chi connectivity index (χ0v) is 5.49. The van der Waals surface area contributed by atoms with Crippen LogP contribution < -0.4 is 0 Å². The monoisotopic (exact) mass is 168 g/mol. The van der Waals surface area contributed by atoms with Gasteiger partial charge in [0.25, 0.3) is 0 Å². The second-order valence-corrected chi connectivity index (χ2v) is 0. The summed E-state index contributed by atoms with van der Waals surface area (Å²) in [6.07, 6.45) is 0. The van der Waals surface area contributed by atoms with E-state index in [1.54, 1.807) is 0 Å². The summed E-state index contributed by atoms with van der Waals surface area (Å²) in [6.45, 7) is 0. The minimum Gasteiger partial charge on any atom is 0 e. The molecule has 4 heavy (non-hydrogen) atoms. The first-order chi connectivity index (χ1) is 0. The Balaban J connectivity index is 0. The van der Waals surface area contributed by atoms with Gasteiger partial charge in [0.15, 0.2) is 17.4 Å². The summed E-state index contributed by atoms with van der Waals surface area (Å²) >= 11 is 0. The molecule has 4 heteroatoms. The molecule has 0 saturated heterocycles. The summed E-state index contributed by atoms with van der Waals surface area (Å²) in [5.41, 5.74) is 0. The molecule has 0 heterocycles. The van der Waals surface area contributed by atoms with Gasteiger partial charge < -0.3 is 0 Å². The first-order valence-corrected chi connectivity index (χ1v) is 0. The van der Waals surface area contributed by atoms with Crippen molar-refractivity contribution < 1.29 is 36.5 Å². The Hall–Kier alpha value is 1.74. The summed E-state index contributed by atoms with van der Waals surface area (Å²) in [5.74, 6) is 0. The third kappa shape index (κ3) is 9.27. The first kappa shape index (κ1) is 42.6. The van der Waals surface area contributed by atoms with Gasteiger partial charge in [-0.15, -0.1) is 0 Å². The normalized spacial score (nSPS) is 0. The zero-order valence-electron chi connectivity index (χ0n) is 1.59. The fourth-order valence-corrected chi connectivity index (χ4v) is 0. The van der Waals surface area contributed by atoms with Crippen molar-refractivity contribution in [3.63, 3.8) is 0 Å². The molecule has 0 aromatic carbocycles. The van der Waals surface area contributed by atoms with Crippen LogP contribution in [0.3, 0.4) is 0 Å². The Kier molecular flexibility index (Phi) is 233. The van der Waals surface area contributed by atoms with Crippen molar-refractivity contribution in [1.82, 2.24) is 0 Å². The standard InChI is InChI=1S/Al.B.Cu.Zn.3H. The fourth-order valence-electron chi connectivity index (χ4n) is 0. The van der Waals surface area contributed by atoms with Crippen LogP contribution in [0.5, 0.6) is 0 Å². The van der Waals surface area contributed by atoms with Crippen LogP contribution in [0.4, 0.5) is 0 Å². The number of hydrogen-bond acceptors (Lipinski definition) is 0. The molecule has 0 aliphatic heterocycles. The van der Waals surface area contributed by atoms with Crippen LogP contribution in [0.1, 0.15) is 0 Å². The van der Waals surface area contributed by atoms with Gasteiger partial charge in [-0.2, -0.15) is 0 Å². The molecular formula is H3AlBCuZn. The van der Waals surface area contributed by atoms with Crippen molar-refractivity contribution in [3.8, 4) is 0 Å². The van der Waals surface area contributed by atoms with Crippen LogP contribution in [0.25, 0.3) is 0 Å². The Morgan fingerprint density at radius 3 is 1.00 bits per heavy atom. The molecule has 0 atom stereocenters. The van der Waals surface area contributed by atoms with Gasteiger partial charge >= 0.3 is 0 Å². The molecule has 0 aliphatic rings. The Morgan fingerprint density at radius 1 is 1.00 bits per heavy atom. The molecule has 0 unspecified atom stereocenters. The van der Waals surface area contributed by atoms with Crippen LogP contribution in [0.2, 0.25) is 0 Å². The van der Waals surface area contributed by atoms with Gasteiger partial charge in [0.05, 0.1) is 0 Å². The average Bonchev–Trinajstić information content (AvgIpc) is 0. The second kappa shape index (κ2) is 21.9. The summed E-state index contributed by atoms with van der Waals surface area (Å²) in [4.78, 5) is 0. The smallest absolute Gasteiger partial charge is 0 e. The van der Waals surface area contributed by atoms with E-state index in [0.29, 0.717) is 0 Å². The molecule has 0 N–H and O–H groups in total. The first-order valence-electron chi connectivity index (χ1n) is 0. The van der Waals surface area contributed by atoms with E-state index in [1.165, 1.54) is 0 Å². The molecule has 22 valence electrons. The van der Waals surface area contributed by atoms with E-state index < -0.39 is 0 Å². The van der Waals surface area contributed by atoms with Crippen molar-refractivity contribution in [1.29, 1.82) is 0 Å². The molecule has 0 saturated carbocycles. The number of rotatable bonds is 0. The Morgan fingerprint density at radius 2 is 1.00 bits per heavy atom. The molecule has 0 aliphatic carbocycles. The van der Waals surface area contributed by atoms with Crippen molar-refractivity contribution >= 4 is 25.8 Å². The molecule has 0 rings (SSSR count). The molecule has 0 aromatic rings. The molecule has 0 bridgehead atoms. The largest absolute Gasteiger partial charge is 0.187 e. The van der Waals surface area contributed by atoms with Crippen LogP contribution in [-0.2, 0) is 36.5 Å². The van der Waals surface area contributed by atoms with Crippen molar-refractivity contribution in [2.45, 2.75) is 0 Å². The van der Waals surface area contributed by atoms with Gasteiger partial charge in [-0.3, -0.25) is 0 Å².